The molecule has 22 heavy (non-hydrogen) atoms. The van der Waals surface area contributed by atoms with Gasteiger partial charge in [-0.25, -0.2) is 9.78 Å². The van der Waals surface area contributed by atoms with Gasteiger partial charge in [-0.2, -0.15) is 5.26 Å². The molecule has 0 aliphatic heterocycles. The van der Waals surface area contributed by atoms with Gasteiger partial charge >= 0.3 is 5.97 Å². The highest BCUT2D eigenvalue weighted by Gasteiger charge is 2.12. The zero-order valence-electron chi connectivity index (χ0n) is 11.7. The van der Waals surface area contributed by atoms with Crippen molar-refractivity contribution in [1.29, 1.82) is 5.26 Å². The number of aryl methyl sites for hydroxylation is 1. The molecule has 0 fully saturated rings. The molecule has 1 amide bonds. The smallest absolute Gasteiger partial charge is 0.359 e. The normalized spacial score (nSPS) is 9.64. The fourth-order valence-corrected chi connectivity index (χ4v) is 1.57. The Morgan fingerprint density at radius 1 is 1.32 bits per heavy atom. The summed E-state index contributed by atoms with van der Waals surface area (Å²) in [6, 6.07) is 8.37. The van der Waals surface area contributed by atoms with Crippen molar-refractivity contribution in [2.75, 3.05) is 11.9 Å². The molecule has 1 heterocycles. The molecule has 2 rings (SSSR count). The number of hydrogen-bond acceptors (Lipinski definition) is 6. The number of anilines is 1. The molecule has 0 unspecified atom stereocenters. The summed E-state index contributed by atoms with van der Waals surface area (Å²) in [4.78, 5) is 31.1. The lowest BCUT2D eigenvalue weighted by atomic mass is 10.2. The number of amides is 1. The molecule has 1 N–H and O–H groups in total. The number of rotatable bonds is 4. The number of carbonyl (C=O) groups excluding carboxylic acids is 2. The van der Waals surface area contributed by atoms with E-state index in [1.54, 1.807) is 25.1 Å². The summed E-state index contributed by atoms with van der Waals surface area (Å²) < 4.78 is 4.84. The first-order chi connectivity index (χ1) is 10.6. The van der Waals surface area contributed by atoms with Crippen LogP contribution in [0.15, 0.2) is 36.7 Å². The van der Waals surface area contributed by atoms with Gasteiger partial charge < -0.3 is 10.1 Å². The average molecular weight is 296 g/mol. The second-order valence-electron chi connectivity index (χ2n) is 4.36. The lowest BCUT2D eigenvalue weighted by Crippen LogP contribution is -2.21. The molecule has 0 saturated heterocycles. The van der Waals surface area contributed by atoms with Gasteiger partial charge in [-0.15, -0.1) is 0 Å². The molecule has 1 aromatic heterocycles. The SMILES string of the molecule is Cc1cnc(C(=O)OCC(=O)Nc2cccc(C#N)c2)cn1. The standard InChI is InChI=1S/C15H12N4O3/c1-10-7-18-13(8-17-10)15(21)22-9-14(20)19-12-4-2-3-11(5-12)6-16/h2-5,7-8H,9H2,1H3,(H,19,20). The first-order valence-corrected chi connectivity index (χ1v) is 6.34. The highest BCUT2D eigenvalue weighted by Crippen LogP contribution is 2.09. The molecule has 0 radical (unpaired) electrons. The third-order valence-corrected chi connectivity index (χ3v) is 2.60. The van der Waals surface area contributed by atoms with Crippen LogP contribution in [0.3, 0.4) is 0 Å². The topological polar surface area (TPSA) is 105 Å². The van der Waals surface area contributed by atoms with Gasteiger partial charge in [0.15, 0.2) is 12.3 Å². The Labute approximate surface area is 126 Å². The van der Waals surface area contributed by atoms with E-state index in [0.29, 0.717) is 16.9 Å². The van der Waals surface area contributed by atoms with Crippen molar-refractivity contribution in [3.8, 4) is 6.07 Å². The van der Waals surface area contributed by atoms with Crippen LogP contribution in [0.2, 0.25) is 0 Å². The molecule has 0 atom stereocenters. The molecule has 7 heteroatoms. The molecule has 0 bridgehead atoms. The molecule has 7 nitrogen and oxygen atoms in total. The summed E-state index contributed by atoms with van der Waals surface area (Å²) in [5, 5.41) is 11.3. The number of benzene rings is 1. The Hall–Kier alpha value is -3.27. The van der Waals surface area contributed by atoms with E-state index in [1.165, 1.54) is 18.5 Å². The van der Waals surface area contributed by atoms with Crippen LogP contribution in [0.1, 0.15) is 21.7 Å². The van der Waals surface area contributed by atoms with Gasteiger partial charge in [0.25, 0.3) is 5.91 Å². The van der Waals surface area contributed by atoms with Crippen molar-refractivity contribution in [2.24, 2.45) is 0 Å². The Balaban J connectivity index is 1.88. The first-order valence-electron chi connectivity index (χ1n) is 6.34. The van der Waals surface area contributed by atoms with Crippen molar-refractivity contribution < 1.29 is 14.3 Å². The van der Waals surface area contributed by atoms with Gasteiger partial charge in [0.05, 0.1) is 23.5 Å². The molecule has 0 saturated carbocycles. The number of ether oxygens (including phenoxy) is 1. The molecule has 0 spiro atoms. The van der Waals surface area contributed by atoms with E-state index in [1.807, 2.05) is 6.07 Å². The monoisotopic (exact) mass is 296 g/mol. The molecular weight excluding hydrogens is 284 g/mol. The fraction of sp³-hybridized carbons (Fsp3) is 0.133. The molecular formula is C15H12N4O3. The Bertz CT molecular complexity index is 735. The van der Waals surface area contributed by atoms with E-state index in [9.17, 15) is 9.59 Å². The first kappa shape index (κ1) is 15.1. The van der Waals surface area contributed by atoms with Gasteiger partial charge in [0.2, 0.25) is 0 Å². The van der Waals surface area contributed by atoms with Crippen molar-refractivity contribution in [3.05, 3.63) is 53.6 Å². The predicted molar refractivity (Wildman–Crippen MR) is 76.8 cm³/mol. The number of aromatic nitrogens is 2. The van der Waals surface area contributed by atoms with Crippen molar-refractivity contribution in [2.45, 2.75) is 6.92 Å². The van der Waals surface area contributed by atoms with E-state index in [4.69, 9.17) is 10.00 Å². The minimum Gasteiger partial charge on any atom is -0.451 e. The Morgan fingerprint density at radius 3 is 2.82 bits per heavy atom. The quantitative estimate of drug-likeness (QED) is 0.856. The highest BCUT2D eigenvalue weighted by molar-refractivity contribution is 5.94. The third-order valence-electron chi connectivity index (χ3n) is 2.60. The van der Waals surface area contributed by atoms with Crippen LogP contribution >= 0.6 is 0 Å². The highest BCUT2D eigenvalue weighted by atomic mass is 16.5. The zero-order chi connectivity index (χ0) is 15.9. The number of nitriles is 1. The van der Waals surface area contributed by atoms with E-state index >= 15 is 0 Å². The van der Waals surface area contributed by atoms with Crippen LogP contribution in [0.5, 0.6) is 0 Å². The van der Waals surface area contributed by atoms with Crippen LogP contribution < -0.4 is 5.32 Å². The third kappa shape index (κ3) is 4.11. The lowest BCUT2D eigenvalue weighted by molar-refractivity contribution is -0.119. The van der Waals surface area contributed by atoms with Crippen LogP contribution in [-0.4, -0.2) is 28.5 Å². The maximum Gasteiger partial charge on any atom is 0.359 e. The molecule has 110 valence electrons. The van der Waals surface area contributed by atoms with Crippen LogP contribution in [-0.2, 0) is 9.53 Å². The summed E-state index contributed by atoms with van der Waals surface area (Å²) in [6.07, 6.45) is 2.72. The van der Waals surface area contributed by atoms with Gasteiger partial charge in [0.1, 0.15) is 0 Å². The summed E-state index contributed by atoms with van der Waals surface area (Å²) in [7, 11) is 0. The van der Waals surface area contributed by atoms with Gasteiger partial charge in [-0.3, -0.25) is 9.78 Å². The fourth-order valence-electron chi connectivity index (χ4n) is 1.57. The van der Waals surface area contributed by atoms with Crippen LogP contribution in [0, 0.1) is 18.3 Å². The second-order valence-corrected chi connectivity index (χ2v) is 4.36. The number of esters is 1. The number of hydrogen-bond donors (Lipinski definition) is 1. The molecule has 0 aliphatic carbocycles. The van der Waals surface area contributed by atoms with Crippen LogP contribution in [0.4, 0.5) is 5.69 Å². The van der Waals surface area contributed by atoms with E-state index < -0.39 is 18.5 Å². The van der Waals surface area contributed by atoms with Gasteiger partial charge in [-0.05, 0) is 25.1 Å². The number of nitrogens with one attached hydrogen (secondary N) is 1. The van der Waals surface area contributed by atoms with Crippen molar-refractivity contribution >= 4 is 17.6 Å². The van der Waals surface area contributed by atoms with Crippen LogP contribution in [0.25, 0.3) is 0 Å². The average Bonchev–Trinajstić information content (AvgIpc) is 2.53. The minimum atomic E-state index is -0.728. The maximum absolute atomic E-state index is 11.7. The molecule has 1 aromatic carbocycles. The van der Waals surface area contributed by atoms with Gasteiger partial charge in [0, 0.05) is 11.9 Å². The summed E-state index contributed by atoms with van der Waals surface area (Å²) in [5.74, 6) is -1.24. The maximum atomic E-state index is 11.7. The van der Waals surface area contributed by atoms with E-state index in [2.05, 4.69) is 15.3 Å². The Kier molecular flexibility index (Phi) is 4.78. The number of nitrogens with zero attached hydrogens (tertiary/aromatic N) is 3. The van der Waals surface area contributed by atoms with E-state index in [0.717, 1.165) is 0 Å². The zero-order valence-corrected chi connectivity index (χ0v) is 11.7. The second kappa shape index (κ2) is 6.95. The molecule has 2 aromatic rings. The van der Waals surface area contributed by atoms with Crippen molar-refractivity contribution in [1.82, 2.24) is 9.97 Å². The minimum absolute atomic E-state index is 0.0323. The van der Waals surface area contributed by atoms with Gasteiger partial charge in [-0.1, -0.05) is 6.07 Å². The Morgan fingerprint density at radius 2 is 2.14 bits per heavy atom. The summed E-state index contributed by atoms with van der Waals surface area (Å²) in [6.45, 7) is 1.29. The van der Waals surface area contributed by atoms with E-state index in [-0.39, 0.29) is 5.69 Å². The number of carbonyl (C=O) groups is 2. The van der Waals surface area contributed by atoms with Crippen molar-refractivity contribution in [3.63, 3.8) is 0 Å². The lowest BCUT2D eigenvalue weighted by Gasteiger charge is -2.06. The summed E-state index contributed by atoms with van der Waals surface area (Å²) >= 11 is 0. The predicted octanol–water partition coefficient (Wildman–Crippen LogP) is 1.45. The molecule has 0 aliphatic rings. The largest absolute Gasteiger partial charge is 0.451 e. The summed E-state index contributed by atoms with van der Waals surface area (Å²) in [5.41, 5.74) is 1.58.